The van der Waals surface area contributed by atoms with Gasteiger partial charge in [0.05, 0.1) is 18.0 Å². The summed E-state index contributed by atoms with van der Waals surface area (Å²) < 4.78 is 16.9. The average Bonchev–Trinajstić information content (AvgIpc) is 2.65. The van der Waals surface area contributed by atoms with Crippen LogP contribution in [-0.2, 0) is 20.7 Å². The molecule has 3 aliphatic rings. The molecule has 1 unspecified atom stereocenters. The summed E-state index contributed by atoms with van der Waals surface area (Å²) in [7, 11) is 0. The van der Waals surface area contributed by atoms with E-state index in [0.717, 1.165) is 41.7 Å². The first-order chi connectivity index (χ1) is 9.07. The molecule has 0 N–H and O–H groups in total. The van der Waals surface area contributed by atoms with Crippen LogP contribution in [0.25, 0.3) is 0 Å². The predicted octanol–water partition coefficient (Wildman–Crippen LogP) is 2.61. The summed E-state index contributed by atoms with van der Waals surface area (Å²) in [5, 5.41) is 0. The SMILES string of the molecule is Cc1coc2c1C1C=C(CC[C@H]3O[C@]3(C)C2)C(=O)O1. The first-order valence-corrected chi connectivity index (χ1v) is 6.73. The van der Waals surface area contributed by atoms with E-state index in [2.05, 4.69) is 6.92 Å². The van der Waals surface area contributed by atoms with Crippen LogP contribution in [0.2, 0.25) is 0 Å². The number of carbonyl (C=O) groups excluding carboxylic acids is 1. The molecule has 0 spiro atoms. The van der Waals surface area contributed by atoms with E-state index in [1.165, 1.54) is 0 Å². The lowest BCUT2D eigenvalue weighted by atomic mass is 9.92. The molecule has 1 aromatic rings. The Morgan fingerprint density at radius 3 is 3.11 bits per heavy atom. The van der Waals surface area contributed by atoms with Crippen molar-refractivity contribution in [2.75, 3.05) is 0 Å². The van der Waals surface area contributed by atoms with Crippen molar-refractivity contribution in [2.24, 2.45) is 0 Å². The van der Waals surface area contributed by atoms with Gasteiger partial charge in [-0.15, -0.1) is 0 Å². The van der Waals surface area contributed by atoms with Gasteiger partial charge < -0.3 is 13.9 Å². The van der Waals surface area contributed by atoms with Crippen LogP contribution in [0.5, 0.6) is 0 Å². The van der Waals surface area contributed by atoms with Crippen LogP contribution in [0.15, 0.2) is 22.3 Å². The topological polar surface area (TPSA) is 52.0 Å². The van der Waals surface area contributed by atoms with Crippen LogP contribution in [0.1, 0.15) is 42.8 Å². The molecule has 1 aromatic heterocycles. The van der Waals surface area contributed by atoms with Crippen molar-refractivity contribution in [2.45, 2.75) is 50.9 Å². The van der Waals surface area contributed by atoms with Gasteiger partial charge in [-0.05, 0) is 38.3 Å². The van der Waals surface area contributed by atoms with Crippen LogP contribution in [-0.4, -0.2) is 17.7 Å². The van der Waals surface area contributed by atoms with Crippen molar-refractivity contribution in [3.05, 3.63) is 34.8 Å². The van der Waals surface area contributed by atoms with Crippen molar-refractivity contribution in [1.29, 1.82) is 0 Å². The molecule has 1 fully saturated rings. The van der Waals surface area contributed by atoms with Gasteiger partial charge in [0.25, 0.3) is 0 Å². The molecule has 2 aliphatic heterocycles. The molecular formula is C15H16O4. The second kappa shape index (κ2) is 3.51. The molecule has 4 heteroatoms. The van der Waals surface area contributed by atoms with Gasteiger partial charge in [0.1, 0.15) is 11.9 Å². The van der Waals surface area contributed by atoms with E-state index < -0.39 is 0 Å². The zero-order valence-corrected chi connectivity index (χ0v) is 11.1. The van der Waals surface area contributed by atoms with E-state index in [4.69, 9.17) is 13.9 Å². The summed E-state index contributed by atoms with van der Waals surface area (Å²) in [4.78, 5) is 11.9. The molecule has 0 radical (unpaired) electrons. The number of ether oxygens (including phenoxy) is 2. The highest BCUT2D eigenvalue weighted by Crippen LogP contribution is 2.46. The van der Waals surface area contributed by atoms with E-state index in [0.29, 0.717) is 0 Å². The number of epoxide rings is 1. The Morgan fingerprint density at radius 1 is 1.42 bits per heavy atom. The monoisotopic (exact) mass is 260 g/mol. The summed E-state index contributed by atoms with van der Waals surface area (Å²) in [5.74, 6) is 0.695. The van der Waals surface area contributed by atoms with E-state index in [1.807, 2.05) is 13.0 Å². The van der Waals surface area contributed by atoms with Crippen LogP contribution in [0.4, 0.5) is 0 Å². The van der Waals surface area contributed by atoms with Crippen molar-refractivity contribution in [3.63, 3.8) is 0 Å². The Bertz CT molecular complexity index is 597. The van der Waals surface area contributed by atoms with Gasteiger partial charge in [-0.3, -0.25) is 0 Å². The highest BCUT2D eigenvalue weighted by Gasteiger charge is 2.53. The Hall–Kier alpha value is -1.55. The van der Waals surface area contributed by atoms with Crippen molar-refractivity contribution in [1.82, 2.24) is 0 Å². The maximum Gasteiger partial charge on any atom is 0.334 e. The molecule has 19 heavy (non-hydrogen) atoms. The normalized spacial score (nSPS) is 36.1. The highest BCUT2D eigenvalue weighted by molar-refractivity contribution is 5.91. The van der Waals surface area contributed by atoms with Crippen LogP contribution < -0.4 is 0 Å². The Balaban J connectivity index is 1.82. The second-order valence-corrected chi connectivity index (χ2v) is 5.91. The fourth-order valence-corrected chi connectivity index (χ4v) is 3.25. The lowest BCUT2D eigenvalue weighted by Gasteiger charge is -2.12. The minimum atomic E-state index is -0.282. The molecule has 4 rings (SSSR count). The van der Waals surface area contributed by atoms with Crippen molar-refractivity contribution in [3.8, 4) is 0 Å². The van der Waals surface area contributed by atoms with E-state index in [1.54, 1.807) is 6.26 Å². The zero-order valence-electron chi connectivity index (χ0n) is 11.1. The number of fused-ring (bicyclic) bond motifs is 4. The van der Waals surface area contributed by atoms with Crippen LogP contribution >= 0.6 is 0 Å². The number of hydrogen-bond donors (Lipinski definition) is 0. The third-order valence-corrected chi connectivity index (χ3v) is 4.46. The van der Waals surface area contributed by atoms with Gasteiger partial charge in [0.2, 0.25) is 0 Å². The molecule has 0 aromatic carbocycles. The Kier molecular flexibility index (Phi) is 2.09. The van der Waals surface area contributed by atoms with Gasteiger partial charge in [0, 0.05) is 17.6 Å². The number of aryl methyl sites for hydroxylation is 1. The van der Waals surface area contributed by atoms with Gasteiger partial charge in [-0.25, -0.2) is 4.79 Å². The van der Waals surface area contributed by atoms with Crippen LogP contribution in [0.3, 0.4) is 0 Å². The number of furan rings is 1. The van der Waals surface area contributed by atoms with Crippen molar-refractivity contribution >= 4 is 5.97 Å². The molecular weight excluding hydrogens is 244 g/mol. The Morgan fingerprint density at radius 2 is 2.26 bits per heavy atom. The second-order valence-electron chi connectivity index (χ2n) is 5.91. The lowest BCUT2D eigenvalue weighted by Crippen LogP contribution is -2.15. The van der Waals surface area contributed by atoms with Gasteiger partial charge >= 0.3 is 5.97 Å². The molecule has 1 saturated heterocycles. The molecule has 0 saturated carbocycles. The van der Waals surface area contributed by atoms with Gasteiger partial charge in [-0.1, -0.05) is 0 Å². The lowest BCUT2D eigenvalue weighted by molar-refractivity contribution is -0.140. The summed E-state index contributed by atoms with van der Waals surface area (Å²) in [6.45, 7) is 4.10. The Labute approximate surface area is 111 Å². The average molecular weight is 260 g/mol. The molecule has 2 bridgehead atoms. The van der Waals surface area contributed by atoms with Gasteiger partial charge in [0.15, 0.2) is 0 Å². The zero-order chi connectivity index (χ0) is 13.2. The quantitative estimate of drug-likeness (QED) is 0.531. The largest absolute Gasteiger partial charge is 0.469 e. The fourth-order valence-electron chi connectivity index (χ4n) is 3.25. The standard InChI is InChI=1S/C15H16O4/c1-8-7-17-11-6-15(2)12(19-15)4-3-9-5-10(13(8)11)18-14(9)16/h5,7,10,12H,3-4,6H2,1-2H3/t10?,12-,15-/m1/s1. The first kappa shape index (κ1) is 11.3. The molecule has 100 valence electrons. The summed E-state index contributed by atoms with van der Waals surface area (Å²) in [6, 6.07) is 0. The number of esters is 1. The molecule has 3 heterocycles. The third kappa shape index (κ3) is 1.59. The van der Waals surface area contributed by atoms with E-state index in [-0.39, 0.29) is 23.8 Å². The predicted molar refractivity (Wildman–Crippen MR) is 66.6 cm³/mol. The molecule has 1 aliphatic carbocycles. The van der Waals surface area contributed by atoms with E-state index >= 15 is 0 Å². The van der Waals surface area contributed by atoms with Gasteiger partial charge in [-0.2, -0.15) is 0 Å². The summed E-state index contributed by atoms with van der Waals surface area (Å²) in [6.07, 6.45) is 5.98. The number of rotatable bonds is 0. The maximum atomic E-state index is 11.9. The smallest absolute Gasteiger partial charge is 0.334 e. The molecule has 0 amide bonds. The number of hydrogen-bond acceptors (Lipinski definition) is 4. The maximum absolute atomic E-state index is 11.9. The van der Waals surface area contributed by atoms with E-state index in [9.17, 15) is 4.79 Å². The molecule has 3 atom stereocenters. The van der Waals surface area contributed by atoms with Crippen molar-refractivity contribution < 1.29 is 18.7 Å². The molecule has 4 nitrogen and oxygen atoms in total. The summed E-state index contributed by atoms with van der Waals surface area (Å²) >= 11 is 0. The summed E-state index contributed by atoms with van der Waals surface area (Å²) in [5.41, 5.74) is 2.67. The minimum Gasteiger partial charge on any atom is -0.469 e. The first-order valence-electron chi connectivity index (χ1n) is 6.73. The highest BCUT2D eigenvalue weighted by atomic mass is 16.6. The van der Waals surface area contributed by atoms with Crippen LogP contribution in [0, 0.1) is 6.92 Å². The fraction of sp³-hybridized carbons (Fsp3) is 0.533. The minimum absolute atomic E-state index is 0.139. The number of carbonyl (C=O) groups is 1. The third-order valence-electron chi connectivity index (χ3n) is 4.46.